The first-order chi connectivity index (χ1) is 15.2. The number of nitrogens with zero attached hydrogens (tertiary/aromatic N) is 1. The van der Waals surface area contributed by atoms with E-state index in [0.29, 0.717) is 0 Å². The summed E-state index contributed by atoms with van der Waals surface area (Å²) >= 11 is 0. The Balaban J connectivity index is 1.52. The molecule has 1 fully saturated rings. The Kier molecular flexibility index (Phi) is 7.26. The van der Waals surface area contributed by atoms with Gasteiger partial charge in [0.1, 0.15) is 5.82 Å². The van der Waals surface area contributed by atoms with E-state index < -0.39 is 39.5 Å². The van der Waals surface area contributed by atoms with Gasteiger partial charge in [-0.25, -0.2) is 17.6 Å². The number of sulfonamides is 1. The van der Waals surface area contributed by atoms with Crippen molar-refractivity contribution >= 4 is 27.8 Å². The fourth-order valence-corrected chi connectivity index (χ4v) is 4.53. The number of rotatable bonds is 6. The van der Waals surface area contributed by atoms with Gasteiger partial charge >= 0.3 is 5.97 Å². The molecular formula is C20H22FN3O7S. The van der Waals surface area contributed by atoms with Crippen molar-refractivity contribution in [2.45, 2.75) is 24.9 Å². The highest BCUT2D eigenvalue weighted by molar-refractivity contribution is 7.89. The Morgan fingerprint density at radius 2 is 1.75 bits per heavy atom. The van der Waals surface area contributed by atoms with Crippen molar-refractivity contribution in [3.63, 3.8) is 0 Å². The summed E-state index contributed by atoms with van der Waals surface area (Å²) < 4.78 is 49.5. The van der Waals surface area contributed by atoms with Gasteiger partial charge in [-0.1, -0.05) is 0 Å². The topological polar surface area (TPSA) is 135 Å². The number of ether oxygens (including phenoxy) is 1. The number of benzene rings is 1. The summed E-state index contributed by atoms with van der Waals surface area (Å²) in [5.74, 6) is -3.03. The number of hydrazine groups is 1. The first kappa shape index (κ1) is 23.4. The van der Waals surface area contributed by atoms with E-state index in [2.05, 4.69) is 10.9 Å². The minimum Gasteiger partial charge on any atom is -0.460 e. The SMILES string of the molecule is CCOC(=O)c1ccc(S(=O)(=O)N2CCC(C(=O)NNC(=O)c3ccc(F)cc3)CC2)o1. The molecule has 1 saturated heterocycles. The van der Waals surface area contributed by atoms with Crippen molar-refractivity contribution in [1.29, 1.82) is 0 Å². The maximum Gasteiger partial charge on any atom is 0.374 e. The number of piperidine rings is 1. The predicted octanol–water partition coefficient (Wildman–Crippen LogP) is 1.46. The highest BCUT2D eigenvalue weighted by Gasteiger charge is 2.34. The van der Waals surface area contributed by atoms with Crippen molar-refractivity contribution in [1.82, 2.24) is 15.2 Å². The predicted molar refractivity (Wildman–Crippen MR) is 108 cm³/mol. The molecule has 10 nitrogen and oxygen atoms in total. The molecule has 0 bridgehead atoms. The minimum absolute atomic E-state index is 0.0573. The van der Waals surface area contributed by atoms with Crippen molar-refractivity contribution in [3.8, 4) is 0 Å². The molecule has 0 atom stereocenters. The van der Waals surface area contributed by atoms with Crippen LogP contribution >= 0.6 is 0 Å². The number of hydrogen-bond donors (Lipinski definition) is 2. The van der Waals surface area contributed by atoms with E-state index in [-0.39, 0.29) is 49.0 Å². The maximum absolute atomic E-state index is 12.9. The molecule has 2 N–H and O–H groups in total. The zero-order chi connectivity index (χ0) is 23.3. The molecule has 2 amide bonds. The molecule has 0 unspecified atom stereocenters. The van der Waals surface area contributed by atoms with Gasteiger partial charge in [0, 0.05) is 24.6 Å². The molecule has 2 aromatic rings. The van der Waals surface area contributed by atoms with Gasteiger partial charge in [0.15, 0.2) is 0 Å². The van der Waals surface area contributed by atoms with E-state index in [9.17, 15) is 27.2 Å². The number of esters is 1. The monoisotopic (exact) mass is 467 g/mol. The first-order valence-corrected chi connectivity index (χ1v) is 11.3. The average Bonchev–Trinajstić information content (AvgIpc) is 3.29. The number of hydrogen-bond acceptors (Lipinski definition) is 7. The van der Waals surface area contributed by atoms with Crippen LogP contribution in [0.4, 0.5) is 4.39 Å². The zero-order valence-corrected chi connectivity index (χ0v) is 18.0. The molecule has 32 heavy (non-hydrogen) atoms. The van der Waals surface area contributed by atoms with Crippen LogP contribution in [0.25, 0.3) is 0 Å². The third kappa shape index (κ3) is 5.32. The third-order valence-corrected chi connectivity index (χ3v) is 6.66. The molecule has 1 aliphatic heterocycles. The summed E-state index contributed by atoms with van der Waals surface area (Å²) in [5.41, 5.74) is 4.74. The van der Waals surface area contributed by atoms with Gasteiger partial charge in [-0.05, 0) is 56.2 Å². The van der Waals surface area contributed by atoms with Crippen LogP contribution in [0.1, 0.15) is 40.7 Å². The lowest BCUT2D eigenvalue weighted by molar-refractivity contribution is -0.126. The van der Waals surface area contributed by atoms with Gasteiger partial charge < -0.3 is 9.15 Å². The van der Waals surface area contributed by atoms with Gasteiger partial charge in [0.2, 0.25) is 16.8 Å². The van der Waals surface area contributed by atoms with Gasteiger partial charge in [-0.3, -0.25) is 20.4 Å². The lowest BCUT2D eigenvalue weighted by Gasteiger charge is -2.29. The Hall–Kier alpha value is -3.25. The molecule has 0 radical (unpaired) electrons. The molecule has 1 aromatic carbocycles. The van der Waals surface area contributed by atoms with Crippen LogP contribution < -0.4 is 10.9 Å². The van der Waals surface area contributed by atoms with Crippen LogP contribution in [0.5, 0.6) is 0 Å². The second-order valence-corrected chi connectivity index (χ2v) is 8.84. The molecule has 1 aromatic heterocycles. The van der Waals surface area contributed by atoms with Gasteiger partial charge in [-0.2, -0.15) is 4.31 Å². The van der Waals surface area contributed by atoms with Gasteiger partial charge in [0.05, 0.1) is 6.61 Å². The summed E-state index contributed by atoms with van der Waals surface area (Å²) in [6, 6.07) is 7.23. The largest absolute Gasteiger partial charge is 0.460 e. The van der Waals surface area contributed by atoms with Crippen LogP contribution in [0.2, 0.25) is 0 Å². The summed E-state index contributed by atoms with van der Waals surface area (Å²) in [6.07, 6.45) is 0.450. The molecule has 1 aliphatic rings. The molecule has 172 valence electrons. The Labute approximate surface area is 183 Å². The highest BCUT2D eigenvalue weighted by Crippen LogP contribution is 2.25. The quantitative estimate of drug-likeness (QED) is 0.485. The summed E-state index contributed by atoms with van der Waals surface area (Å²) in [5, 5.41) is -0.380. The highest BCUT2D eigenvalue weighted by atomic mass is 32.2. The molecular weight excluding hydrogens is 445 g/mol. The molecule has 0 spiro atoms. The van der Waals surface area contributed by atoms with Crippen LogP contribution in [0, 0.1) is 11.7 Å². The second kappa shape index (κ2) is 9.92. The zero-order valence-electron chi connectivity index (χ0n) is 17.2. The van der Waals surface area contributed by atoms with Crippen LogP contribution in [0.15, 0.2) is 45.9 Å². The van der Waals surface area contributed by atoms with E-state index in [1.54, 1.807) is 6.92 Å². The number of nitrogens with one attached hydrogen (secondary N) is 2. The number of halogens is 1. The van der Waals surface area contributed by atoms with Crippen molar-refractivity contribution in [2.75, 3.05) is 19.7 Å². The van der Waals surface area contributed by atoms with E-state index in [0.717, 1.165) is 12.1 Å². The maximum atomic E-state index is 12.9. The third-order valence-electron chi connectivity index (χ3n) is 4.88. The molecule has 3 rings (SSSR count). The summed E-state index contributed by atoms with van der Waals surface area (Å²) in [4.78, 5) is 36.0. The van der Waals surface area contributed by atoms with Gasteiger partial charge in [0.25, 0.3) is 15.9 Å². The van der Waals surface area contributed by atoms with E-state index >= 15 is 0 Å². The van der Waals surface area contributed by atoms with Crippen LogP contribution in [-0.2, 0) is 19.6 Å². The second-order valence-electron chi connectivity index (χ2n) is 6.97. The van der Waals surface area contributed by atoms with E-state index in [4.69, 9.17) is 9.15 Å². The fraction of sp³-hybridized carbons (Fsp3) is 0.350. The minimum atomic E-state index is -3.98. The van der Waals surface area contributed by atoms with Crippen LogP contribution in [0.3, 0.4) is 0 Å². The fourth-order valence-electron chi connectivity index (χ4n) is 3.15. The van der Waals surface area contributed by atoms with E-state index in [1.807, 2.05) is 0 Å². The van der Waals surface area contributed by atoms with Crippen LogP contribution in [-0.4, -0.2) is 50.2 Å². The Morgan fingerprint density at radius 3 is 2.38 bits per heavy atom. The lowest BCUT2D eigenvalue weighted by atomic mass is 9.98. The lowest BCUT2D eigenvalue weighted by Crippen LogP contribution is -2.48. The van der Waals surface area contributed by atoms with Gasteiger partial charge in [-0.15, -0.1) is 0 Å². The van der Waals surface area contributed by atoms with Crippen molar-refractivity contribution < 1.29 is 36.3 Å². The van der Waals surface area contributed by atoms with E-state index in [1.165, 1.54) is 28.6 Å². The molecule has 0 saturated carbocycles. The number of furan rings is 1. The number of amides is 2. The standard InChI is InChI=1S/C20H22FN3O7S/c1-2-30-20(27)16-7-8-17(31-16)32(28,29)24-11-9-14(10-12-24)19(26)23-22-18(25)13-3-5-15(21)6-4-13/h3-8,14H,2,9-12H2,1H3,(H,22,25)(H,23,26). The smallest absolute Gasteiger partial charge is 0.374 e. The average molecular weight is 467 g/mol. The molecule has 0 aliphatic carbocycles. The van der Waals surface area contributed by atoms with Crippen molar-refractivity contribution in [3.05, 3.63) is 53.5 Å². The molecule has 12 heteroatoms. The molecule has 2 heterocycles. The normalized spacial score (nSPS) is 15.2. The van der Waals surface area contributed by atoms with Crippen molar-refractivity contribution in [2.24, 2.45) is 5.92 Å². The Bertz CT molecular complexity index is 1090. The first-order valence-electron chi connectivity index (χ1n) is 9.85. The number of carbonyl (C=O) groups is 3. The Morgan fingerprint density at radius 1 is 1.09 bits per heavy atom. The number of carbonyl (C=O) groups excluding carboxylic acids is 3. The summed E-state index contributed by atoms with van der Waals surface area (Å²) in [6.45, 7) is 1.86. The summed E-state index contributed by atoms with van der Waals surface area (Å²) in [7, 11) is -3.98.